The number of rotatable bonds is 2. The normalized spacial score (nSPS) is 31.8. The zero-order valence-corrected chi connectivity index (χ0v) is 8.43. The molecule has 76 valence electrons. The summed E-state index contributed by atoms with van der Waals surface area (Å²) in [5.41, 5.74) is 0. The second kappa shape index (κ2) is 4.97. The summed E-state index contributed by atoms with van der Waals surface area (Å²) in [7, 11) is 0. The molecule has 1 aliphatic heterocycles. The Morgan fingerprint density at radius 1 is 0.846 bits per heavy atom. The van der Waals surface area contributed by atoms with Crippen LogP contribution >= 0.6 is 0 Å². The molecule has 2 fully saturated rings. The van der Waals surface area contributed by atoms with Crippen LogP contribution in [0.1, 0.15) is 44.9 Å². The monoisotopic (exact) mass is 183 g/mol. The van der Waals surface area contributed by atoms with E-state index < -0.39 is 0 Å². The molecule has 0 amide bonds. The maximum absolute atomic E-state index is 6.07. The molecular formula is C11H21NO. The standard InChI is InChI=1S/C11H21NO/c1-2-5-10(6-3-1)13-11-7-4-8-12-9-11/h10-12H,1-9H2. The number of hydrogen-bond acceptors (Lipinski definition) is 2. The Morgan fingerprint density at radius 3 is 2.31 bits per heavy atom. The van der Waals surface area contributed by atoms with E-state index in [-0.39, 0.29) is 0 Å². The van der Waals surface area contributed by atoms with E-state index in [2.05, 4.69) is 5.32 Å². The van der Waals surface area contributed by atoms with E-state index in [9.17, 15) is 0 Å². The first-order chi connectivity index (χ1) is 6.45. The lowest BCUT2D eigenvalue weighted by atomic mass is 9.97. The lowest BCUT2D eigenvalue weighted by Crippen LogP contribution is -2.38. The van der Waals surface area contributed by atoms with E-state index in [1.807, 2.05) is 0 Å². The topological polar surface area (TPSA) is 21.3 Å². The molecule has 0 spiro atoms. The quantitative estimate of drug-likeness (QED) is 0.707. The van der Waals surface area contributed by atoms with Crippen molar-refractivity contribution in [1.82, 2.24) is 5.32 Å². The molecule has 0 aromatic carbocycles. The fourth-order valence-electron chi connectivity index (χ4n) is 2.41. The highest BCUT2D eigenvalue weighted by Crippen LogP contribution is 2.22. The number of ether oxygens (including phenoxy) is 1. The fourth-order valence-corrected chi connectivity index (χ4v) is 2.41. The molecule has 2 rings (SSSR count). The summed E-state index contributed by atoms with van der Waals surface area (Å²) in [6.45, 7) is 2.26. The van der Waals surface area contributed by atoms with Gasteiger partial charge in [0.1, 0.15) is 0 Å². The first kappa shape index (κ1) is 9.47. The van der Waals surface area contributed by atoms with E-state index in [0.717, 1.165) is 6.54 Å². The molecule has 2 heteroatoms. The molecule has 0 radical (unpaired) electrons. The van der Waals surface area contributed by atoms with Gasteiger partial charge in [-0.1, -0.05) is 19.3 Å². The van der Waals surface area contributed by atoms with Gasteiger partial charge < -0.3 is 10.1 Å². The summed E-state index contributed by atoms with van der Waals surface area (Å²) in [5.74, 6) is 0. The molecule has 2 aliphatic rings. The molecule has 2 nitrogen and oxygen atoms in total. The summed E-state index contributed by atoms with van der Waals surface area (Å²) in [6.07, 6.45) is 10.4. The predicted octanol–water partition coefficient (Wildman–Crippen LogP) is 2.09. The third kappa shape index (κ3) is 2.96. The molecular weight excluding hydrogens is 162 g/mol. The van der Waals surface area contributed by atoms with Crippen molar-refractivity contribution < 1.29 is 4.74 Å². The van der Waals surface area contributed by atoms with Gasteiger partial charge in [-0.25, -0.2) is 0 Å². The summed E-state index contributed by atoms with van der Waals surface area (Å²) in [4.78, 5) is 0. The van der Waals surface area contributed by atoms with Crippen LogP contribution in [0.4, 0.5) is 0 Å². The van der Waals surface area contributed by atoms with Crippen molar-refractivity contribution in [2.45, 2.75) is 57.2 Å². The molecule has 1 saturated carbocycles. The van der Waals surface area contributed by atoms with Crippen LogP contribution in [0.3, 0.4) is 0 Å². The Morgan fingerprint density at radius 2 is 1.62 bits per heavy atom. The number of nitrogens with one attached hydrogen (secondary N) is 1. The van der Waals surface area contributed by atoms with E-state index in [0.29, 0.717) is 12.2 Å². The van der Waals surface area contributed by atoms with Crippen LogP contribution in [0.5, 0.6) is 0 Å². The van der Waals surface area contributed by atoms with Crippen molar-refractivity contribution in [2.24, 2.45) is 0 Å². The molecule has 13 heavy (non-hydrogen) atoms. The van der Waals surface area contributed by atoms with Gasteiger partial charge in [0.15, 0.2) is 0 Å². The van der Waals surface area contributed by atoms with Gasteiger partial charge in [-0.15, -0.1) is 0 Å². The van der Waals surface area contributed by atoms with Crippen LogP contribution in [0.25, 0.3) is 0 Å². The van der Waals surface area contributed by atoms with E-state index >= 15 is 0 Å². The molecule has 1 atom stereocenters. The SMILES string of the molecule is C1CCC(OC2CCCNC2)CC1. The van der Waals surface area contributed by atoms with Gasteiger partial charge >= 0.3 is 0 Å². The van der Waals surface area contributed by atoms with Crippen molar-refractivity contribution in [3.63, 3.8) is 0 Å². The summed E-state index contributed by atoms with van der Waals surface area (Å²) in [5, 5.41) is 3.40. The highest BCUT2D eigenvalue weighted by atomic mass is 16.5. The highest BCUT2D eigenvalue weighted by Gasteiger charge is 2.20. The minimum atomic E-state index is 0.511. The summed E-state index contributed by atoms with van der Waals surface area (Å²) in [6, 6.07) is 0. The zero-order valence-electron chi connectivity index (χ0n) is 8.43. The van der Waals surface area contributed by atoms with E-state index in [4.69, 9.17) is 4.74 Å². The van der Waals surface area contributed by atoms with Crippen LogP contribution in [0, 0.1) is 0 Å². The fraction of sp³-hybridized carbons (Fsp3) is 1.00. The number of hydrogen-bond donors (Lipinski definition) is 1. The van der Waals surface area contributed by atoms with Gasteiger partial charge in [0.05, 0.1) is 12.2 Å². The van der Waals surface area contributed by atoms with Crippen LogP contribution in [-0.4, -0.2) is 25.3 Å². The van der Waals surface area contributed by atoms with E-state index in [1.54, 1.807) is 0 Å². The van der Waals surface area contributed by atoms with Crippen molar-refractivity contribution in [3.05, 3.63) is 0 Å². The maximum Gasteiger partial charge on any atom is 0.0703 e. The van der Waals surface area contributed by atoms with Gasteiger partial charge in [0, 0.05) is 6.54 Å². The Hall–Kier alpha value is -0.0800. The first-order valence-corrected chi connectivity index (χ1v) is 5.81. The Kier molecular flexibility index (Phi) is 3.62. The maximum atomic E-state index is 6.07. The molecule has 1 unspecified atom stereocenters. The summed E-state index contributed by atoms with van der Waals surface area (Å²) >= 11 is 0. The molecule has 1 N–H and O–H groups in total. The van der Waals surface area contributed by atoms with Crippen molar-refractivity contribution >= 4 is 0 Å². The van der Waals surface area contributed by atoms with Gasteiger partial charge in [-0.2, -0.15) is 0 Å². The molecule has 0 bridgehead atoms. The minimum Gasteiger partial charge on any atom is -0.374 e. The Balaban J connectivity index is 1.69. The third-order valence-electron chi connectivity index (χ3n) is 3.19. The zero-order chi connectivity index (χ0) is 8.93. The van der Waals surface area contributed by atoms with Crippen molar-refractivity contribution in [1.29, 1.82) is 0 Å². The van der Waals surface area contributed by atoms with Crippen molar-refractivity contribution in [2.75, 3.05) is 13.1 Å². The Bertz CT molecular complexity index is 121. The predicted molar refractivity (Wildman–Crippen MR) is 53.8 cm³/mol. The molecule has 1 heterocycles. The van der Waals surface area contributed by atoms with E-state index in [1.165, 1.54) is 51.5 Å². The van der Waals surface area contributed by atoms with Crippen LogP contribution in [0.15, 0.2) is 0 Å². The van der Waals surface area contributed by atoms with Gasteiger partial charge in [-0.05, 0) is 32.2 Å². The molecule has 0 aromatic rings. The minimum absolute atomic E-state index is 0.511. The van der Waals surface area contributed by atoms with Gasteiger partial charge in [0.25, 0.3) is 0 Å². The molecule has 0 aromatic heterocycles. The summed E-state index contributed by atoms with van der Waals surface area (Å²) < 4.78 is 6.07. The second-order valence-electron chi connectivity index (χ2n) is 4.36. The van der Waals surface area contributed by atoms with Crippen molar-refractivity contribution in [3.8, 4) is 0 Å². The van der Waals surface area contributed by atoms with Crippen LogP contribution < -0.4 is 5.32 Å². The third-order valence-corrected chi connectivity index (χ3v) is 3.19. The smallest absolute Gasteiger partial charge is 0.0703 e. The Labute approximate surface area is 81.0 Å². The lowest BCUT2D eigenvalue weighted by molar-refractivity contribution is -0.0387. The highest BCUT2D eigenvalue weighted by molar-refractivity contribution is 4.73. The number of piperidine rings is 1. The van der Waals surface area contributed by atoms with Crippen LogP contribution in [-0.2, 0) is 4.74 Å². The van der Waals surface area contributed by atoms with Gasteiger partial charge in [-0.3, -0.25) is 0 Å². The largest absolute Gasteiger partial charge is 0.374 e. The molecule has 1 saturated heterocycles. The first-order valence-electron chi connectivity index (χ1n) is 5.81. The lowest BCUT2D eigenvalue weighted by Gasteiger charge is -2.30. The average molecular weight is 183 g/mol. The van der Waals surface area contributed by atoms with Crippen LogP contribution in [0.2, 0.25) is 0 Å². The van der Waals surface area contributed by atoms with Gasteiger partial charge in [0.2, 0.25) is 0 Å². The average Bonchev–Trinajstić information content (AvgIpc) is 2.21. The second-order valence-corrected chi connectivity index (χ2v) is 4.36. The molecule has 1 aliphatic carbocycles.